The summed E-state index contributed by atoms with van der Waals surface area (Å²) in [5, 5.41) is 9.18. The molecule has 0 bridgehead atoms. The van der Waals surface area contributed by atoms with Gasteiger partial charge in [-0.3, -0.25) is 0 Å². The van der Waals surface area contributed by atoms with Gasteiger partial charge in [-0.25, -0.2) is 4.79 Å². The van der Waals surface area contributed by atoms with Gasteiger partial charge in [0.15, 0.2) is 0 Å². The smallest absolute Gasteiger partial charge is 0.337 e. The molecule has 0 heterocycles. The number of aromatic carboxylic acids is 1. The molecule has 3 nitrogen and oxygen atoms in total. The monoisotopic (exact) mass is 299 g/mol. The summed E-state index contributed by atoms with van der Waals surface area (Å²) in [6.07, 6.45) is 0. The highest BCUT2D eigenvalue weighted by Gasteiger charge is 2.19. The minimum atomic E-state index is -0.893. The molecule has 0 amide bonds. The van der Waals surface area contributed by atoms with Crippen LogP contribution < -0.4 is 4.90 Å². The standard InChI is InChI=1S/C13H18BrNO2/c1-8(2)9(3)15(4)12-7-10(14)5-6-11(12)13(16)17/h5-9H,1-4H3,(H,16,17). The van der Waals surface area contributed by atoms with Crippen LogP contribution in [0.5, 0.6) is 0 Å². The van der Waals surface area contributed by atoms with Crippen molar-refractivity contribution in [3.05, 3.63) is 28.2 Å². The molecule has 1 unspecified atom stereocenters. The van der Waals surface area contributed by atoms with Gasteiger partial charge in [-0.15, -0.1) is 0 Å². The van der Waals surface area contributed by atoms with Gasteiger partial charge in [0.05, 0.1) is 11.3 Å². The lowest BCUT2D eigenvalue weighted by molar-refractivity contribution is 0.0697. The fraction of sp³-hybridized carbons (Fsp3) is 0.462. The van der Waals surface area contributed by atoms with Gasteiger partial charge in [-0.2, -0.15) is 0 Å². The molecule has 0 saturated carbocycles. The quantitative estimate of drug-likeness (QED) is 0.923. The average molecular weight is 300 g/mol. The van der Waals surface area contributed by atoms with Crippen LogP contribution in [-0.4, -0.2) is 24.2 Å². The minimum Gasteiger partial charge on any atom is -0.478 e. The van der Waals surface area contributed by atoms with Gasteiger partial charge in [0.25, 0.3) is 0 Å². The van der Waals surface area contributed by atoms with E-state index in [4.69, 9.17) is 0 Å². The number of anilines is 1. The number of carboxylic acid groups (broad SMARTS) is 1. The van der Waals surface area contributed by atoms with E-state index in [1.54, 1.807) is 12.1 Å². The SMILES string of the molecule is CC(C)C(C)N(C)c1cc(Br)ccc1C(=O)O. The van der Waals surface area contributed by atoms with Crippen LogP contribution >= 0.6 is 15.9 Å². The molecule has 0 radical (unpaired) electrons. The fourth-order valence-electron chi connectivity index (χ4n) is 1.64. The summed E-state index contributed by atoms with van der Waals surface area (Å²) in [4.78, 5) is 13.2. The highest BCUT2D eigenvalue weighted by atomic mass is 79.9. The Bertz CT molecular complexity index is 418. The highest BCUT2D eigenvalue weighted by molar-refractivity contribution is 9.10. The lowest BCUT2D eigenvalue weighted by Crippen LogP contribution is -2.34. The number of benzene rings is 1. The molecule has 0 aliphatic carbocycles. The maximum absolute atomic E-state index is 11.2. The third kappa shape index (κ3) is 3.22. The molecule has 0 aliphatic rings. The number of carbonyl (C=O) groups is 1. The van der Waals surface area contributed by atoms with E-state index in [0.29, 0.717) is 11.5 Å². The summed E-state index contributed by atoms with van der Waals surface area (Å²) in [5.74, 6) is -0.434. The molecule has 0 aromatic heterocycles. The summed E-state index contributed by atoms with van der Waals surface area (Å²) >= 11 is 3.38. The van der Waals surface area contributed by atoms with Crippen LogP contribution in [0, 0.1) is 5.92 Å². The molecule has 1 atom stereocenters. The molecular formula is C13H18BrNO2. The topological polar surface area (TPSA) is 40.5 Å². The Kier molecular flexibility index (Phi) is 4.57. The first-order valence-corrected chi connectivity index (χ1v) is 6.39. The third-order valence-corrected chi connectivity index (χ3v) is 3.64. The number of hydrogen-bond donors (Lipinski definition) is 1. The number of carboxylic acids is 1. The van der Waals surface area contributed by atoms with Gasteiger partial charge in [0.1, 0.15) is 0 Å². The predicted octanol–water partition coefficient (Wildman–Crippen LogP) is 3.63. The van der Waals surface area contributed by atoms with Gasteiger partial charge in [-0.1, -0.05) is 29.8 Å². The number of rotatable bonds is 4. The van der Waals surface area contributed by atoms with Crippen LogP contribution in [0.4, 0.5) is 5.69 Å². The molecular weight excluding hydrogens is 282 g/mol. The van der Waals surface area contributed by atoms with E-state index in [0.717, 1.165) is 10.2 Å². The van der Waals surface area contributed by atoms with E-state index in [2.05, 4.69) is 36.7 Å². The van der Waals surface area contributed by atoms with E-state index < -0.39 is 5.97 Å². The molecule has 17 heavy (non-hydrogen) atoms. The van der Waals surface area contributed by atoms with Crippen LogP contribution in [0.15, 0.2) is 22.7 Å². The summed E-state index contributed by atoms with van der Waals surface area (Å²) in [6.45, 7) is 6.34. The number of halogens is 1. The van der Waals surface area contributed by atoms with E-state index in [9.17, 15) is 9.90 Å². The Morgan fingerprint density at radius 2 is 1.94 bits per heavy atom. The van der Waals surface area contributed by atoms with Crippen molar-refractivity contribution in [3.8, 4) is 0 Å². The van der Waals surface area contributed by atoms with Crippen molar-refractivity contribution in [2.45, 2.75) is 26.8 Å². The van der Waals surface area contributed by atoms with Gasteiger partial charge < -0.3 is 10.0 Å². The van der Waals surface area contributed by atoms with Crippen LogP contribution in [0.25, 0.3) is 0 Å². The maximum Gasteiger partial charge on any atom is 0.337 e. The van der Waals surface area contributed by atoms with E-state index >= 15 is 0 Å². The first-order valence-electron chi connectivity index (χ1n) is 5.60. The van der Waals surface area contributed by atoms with Crippen LogP contribution in [0.3, 0.4) is 0 Å². The second-order valence-corrected chi connectivity index (χ2v) is 5.48. The zero-order chi connectivity index (χ0) is 13.2. The van der Waals surface area contributed by atoms with Crippen LogP contribution in [0.2, 0.25) is 0 Å². The molecule has 0 spiro atoms. The Morgan fingerprint density at radius 3 is 2.41 bits per heavy atom. The molecule has 0 fully saturated rings. The number of hydrogen-bond acceptors (Lipinski definition) is 2. The molecule has 94 valence electrons. The molecule has 4 heteroatoms. The van der Waals surface area contributed by atoms with Crippen molar-refractivity contribution in [2.75, 3.05) is 11.9 Å². The van der Waals surface area contributed by atoms with Crippen LogP contribution in [0.1, 0.15) is 31.1 Å². The summed E-state index contributed by atoms with van der Waals surface area (Å²) < 4.78 is 0.889. The van der Waals surface area contributed by atoms with Crippen molar-refractivity contribution in [1.82, 2.24) is 0 Å². The molecule has 1 N–H and O–H groups in total. The zero-order valence-electron chi connectivity index (χ0n) is 10.6. The van der Waals surface area contributed by atoms with Crippen LogP contribution in [-0.2, 0) is 0 Å². The van der Waals surface area contributed by atoms with Crippen molar-refractivity contribution < 1.29 is 9.90 Å². The Labute approximate surface area is 111 Å². The molecule has 1 aromatic carbocycles. The summed E-state index contributed by atoms with van der Waals surface area (Å²) in [7, 11) is 1.93. The van der Waals surface area contributed by atoms with E-state index in [1.165, 1.54) is 0 Å². The average Bonchev–Trinajstić information content (AvgIpc) is 2.26. The van der Waals surface area contributed by atoms with Crippen molar-refractivity contribution >= 4 is 27.6 Å². The Hall–Kier alpha value is -1.03. The second-order valence-electron chi connectivity index (χ2n) is 4.56. The summed E-state index contributed by atoms with van der Waals surface area (Å²) in [6, 6.07) is 5.51. The maximum atomic E-state index is 11.2. The van der Waals surface area contributed by atoms with Gasteiger partial charge in [-0.05, 0) is 31.0 Å². The first kappa shape index (κ1) is 14.0. The van der Waals surface area contributed by atoms with Crippen molar-refractivity contribution in [2.24, 2.45) is 5.92 Å². The van der Waals surface area contributed by atoms with Crippen molar-refractivity contribution in [3.63, 3.8) is 0 Å². The fourth-order valence-corrected chi connectivity index (χ4v) is 1.99. The molecule has 0 saturated heterocycles. The first-order chi connectivity index (χ1) is 7.84. The second kappa shape index (κ2) is 5.54. The summed E-state index contributed by atoms with van der Waals surface area (Å²) in [5.41, 5.74) is 1.08. The number of nitrogens with zero attached hydrogens (tertiary/aromatic N) is 1. The highest BCUT2D eigenvalue weighted by Crippen LogP contribution is 2.27. The Balaban J connectivity index is 3.19. The predicted molar refractivity (Wildman–Crippen MR) is 73.8 cm³/mol. The molecule has 0 aliphatic heterocycles. The van der Waals surface area contributed by atoms with E-state index in [-0.39, 0.29) is 6.04 Å². The van der Waals surface area contributed by atoms with Gasteiger partial charge in [0, 0.05) is 17.6 Å². The third-order valence-electron chi connectivity index (χ3n) is 3.15. The Morgan fingerprint density at radius 1 is 1.35 bits per heavy atom. The van der Waals surface area contributed by atoms with Gasteiger partial charge in [0.2, 0.25) is 0 Å². The molecule has 1 aromatic rings. The normalized spacial score (nSPS) is 12.6. The van der Waals surface area contributed by atoms with Gasteiger partial charge >= 0.3 is 5.97 Å². The van der Waals surface area contributed by atoms with E-state index in [1.807, 2.05) is 18.0 Å². The lowest BCUT2D eigenvalue weighted by Gasteiger charge is -2.31. The molecule has 1 rings (SSSR count). The zero-order valence-corrected chi connectivity index (χ0v) is 12.2. The largest absolute Gasteiger partial charge is 0.478 e. The lowest BCUT2D eigenvalue weighted by atomic mass is 10.0. The minimum absolute atomic E-state index is 0.280. The van der Waals surface area contributed by atoms with Crippen molar-refractivity contribution in [1.29, 1.82) is 0 Å².